The lowest BCUT2D eigenvalue weighted by atomic mass is 10.0. The van der Waals surface area contributed by atoms with Crippen molar-refractivity contribution in [1.29, 1.82) is 0 Å². The molecule has 1 nitrogen and oxygen atoms in total. The van der Waals surface area contributed by atoms with Gasteiger partial charge in [-0.15, -0.1) is 0 Å². The molecule has 0 aliphatic rings. The molecule has 236 valence electrons. The Hall–Kier alpha value is -0.0400. The summed E-state index contributed by atoms with van der Waals surface area (Å²) < 4.78 is 0. The molecular weight excluding hydrogens is 470 g/mol. The van der Waals surface area contributed by atoms with E-state index < -0.39 is 0 Å². The Labute approximate surface area is 250 Å². The first-order valence-corrected chi connectivity index (χ1v) is 19.1. The highest BCUT2D eigenvalue weighted by Crippen LogP contribution is 2.15. The number of rotatable bonds is 35. The minimum atomic E-state index is 1.37. The second-order valence-electron chi connectivity index (χ2n) is 13.1. The maximum atomic E-state index is 2.85. The highest BCUT2D eigenvalue weighted by Gasteiger charge is 2.05. The summed E-state index contributed by atoms with van der Waals surface area (Å²) in [6.45, 7) is 11.1. The zero-order valence-electron chi connectivity index (χ0n) is 28.2. The molecule has 1 heteroatoms. The predicted octanol–water partition coefficient (Wildman–Crippen LogP) is 13.8. The van der Waals surface area contributed by atoms with E-state index in [-0.39, 0.29) is 0 Å². The first-order chi connectivity index (χ1) is 19.3. The van der Waals surface area contributed by atoms with Crippen LogP contribution in [0.4, 0.5) is 0 Å². The Morgan fingerprint density at radius 3 is 0.538 bits per heavy atom. The van der Waals surface area contributed by atoms with Crippen molar-refractivity contribution in [2.45, 2.75) is 226 Å². The van der Waals surface area contributed by atoms with Gasteiger partial charge in [-0.1, -0.05) is 207 Å². The van der Waals surface area contributed by atoms with Crippen molar-refractivity contribution in [2.75, 3.05) is 19.6 Å². The molecule has 0 heterocycles. The lowest BCUT2D eigenvalue weighted by molar-refractivity contribution is 0.254. The summed E-state index contributed by atoms with van der Waals surface area (Å²) in [5, 5.41) is 0. The largest absolute Gasteiger partial charge is 0.303 e. The van der Waals surface area contributed by atoms with Gasteiger partial charge < -0.3 is 4.90 Å². The van der Waals surface area contributed by atoms with Crippen molar-refractivity contribution in [3.8, 4) is 0 Å². The van der Waals surface area contributed by atoms with E-state index in [9.17, 15) is 0 Å². The van der Waals surface area contributed by atoms with Gasteiger partial charge in [0.2, 0.25) is 0 Å². The van der Waals surface area contributed by atoms with E-state index in [4.69, 9.17) is 0 Å². The normalized spacial score (nSPS) is 11.7. The average molecular weight is 550 g/mol. The molecule has 0 N–H and O–H groups in total. The molecule has 39 heavy (non-hydrogen) atoms. The van der Waals surface area contributed by atoms with Gasteiger partial charge in [-0.05, 0) is 38.9 Å². The highest BCUT2D eigenvalue weighted by molar-refractivity contribution is 4.61. The predicted molar refractivity (Wildman–Crippen MR) is 181 cm³/mol. The maximum absolute atomic E-state index is 2.85. The summed E-state index contributed by atoms with van der Waals surface area (Å²) in [4.78, 5) is 2.85. The first kappa shape index (κ1) is 39.0. The summed E-state index contributed by atoms with van der Waals surface area (Å²) in [5.41, 5.74) is 0. The van der Waals surface area contributed by atoms with Crippen LogP contribution >= 0.6 is 0 Å². The van der Waals surface area contributed by atoms with Gasteiger partial charge in [0.25, 0.3) is 0 Å². The third kappa shape index (κ3) is 34.1. The molecule has 0 aromatic heterocycles. The van der Waals surface area contributed by atoms with Crippen LogP contribution in [0.1, 0.15) is 226 Å². The number of hydrogen-bond donors (Lipinski definition) is 0. The molecule has 0 aliphatic heterocycles. The number of nitrogens with zero attached hydrogens (tertiary/aromatic N) is 1. The molecule has 0 saturated heterocycles. The van der Waals surface area contributed by atoms with Crippen molar-refractivity contribution >= 4 is 0 Å². The lowest BCUT2D eigenvalue weighted by Gasteiger charge is -2.22. The summed E-state index contributed by atoms with van der Waals surface area (Å²) in [7, 11) is 0. The van der Waals surface area contributed by atoms with Crippen LogP contribution in [0.3, 0.4) is 0 Å². The summed E-state index contributed by atoms with van der Waals surface area (Å²) in [6.07, 6.45) is 46.6. The Bertz CT molecular complexity index is 378. The Morgan fingerprint density at radius 1 is 0.205 bits per heavy atom. The van der Waals surface area contributed by atoms with E-state index in [1.807, 2.05) is 0 Å². The van der Waals surface area contributed by atoms with Crippen LogP contribution in [-0.4, -0.2) is 24.5 Å². The molecule has 0 fully saturated rings. The number of unbranched alkanes of at least 4 members (excludes halogenated alkanes) is 29. The third-order valence-electron chi connectivity index (χ3n) is 8.98. The van der Waals surface area contributed by atoms with E-state index >= 15 is 0 Å². The topological polar surface area (TPSA) is 3.24 Å². The van der Waals surface area contributed by atoms with E-state index in [2.05, 4.69) is 25.7 Å². The quantitative estimate of drug-likeness (QED) is 0.0710. The van der Waals surface area contributed by atoms with E-state index in [1.54, 1.807) is 0 Å². The molecule has 0 spiro atoms. The molecule has 0 radical (unpaired) electrons. The summed E-state index contributed by atoms with van der Waals surface area (Å²) in [6, 6.07) is 0. The molecule has 0 aromatic rings. The van der Waals surface area contributed by atoms with Gasteiger partial charge in [0.05, 0.1) is 0 Å². The van der Waals surface area contributed by atoms with Gasteiger partial charge in [-0.25, -0.2) is 0 Å². The lowest BCUT2D eigenvalue weighted by Crippen LogP contribution is -2.27. The van der Waals surface area contributed by atoms with E-state index in [0.29, 0.717) is 0 Å². The monoisotopic (exact) mass is 550 g/mol. The third-order valence-corrected chi connectivity index (χ3v) is 8.98. The van der Waals surface area contributed by atoms with Crippen LogP contribution in [0, 0.1) is 0 Å². The molecule has 0 atom stereocenters. The molecule has 0 rings (SSSR count). The van der Waals surface area contributed by atoms with E-state index in [0.717, 1.165) is 0 Å². The molecular formula is C38H79N. The molecule has 0 bridgehead atoms. The molecule has 0 saturated carbocycles. The van der Waals surface area contributed by atoms with Crippen LogP contribution in [0.15, 0.2) is 0 Å². The van der Waals surface area contributed by atoms with Crippen molar-refractivity contribution in [3.63, 3.8) is 0 Å². The van der Waals surface area contributed by atoms with Crippen LogP contribution < -0.4 is 0 Å². The minimum Gasteiger partial charge on any atom is -0.303 e. The van der Waals surface area contributed by atoms with Crippen molar-refractivity contribution < 1.29 is 0 Å². The van der Waals surface area contributed by atoms with Gasteiger partial charge in [0.1, 0.15) is 0 Å². The Morgan fingerprint density at radius 2 is 0.359 bits per heavy atom. The van der Waals surface area contributed by atoms with Gasteiger partial charge in [0.15, 0.2) is 0 Å². The average Bonchev–Trinajstić information content (AvgIpc) is 2.95. The van der Waals surface area contributed by atoms with E-state index in [1.165, 1.54) is 225 Å². The SMILES string of the molecule is CCCCCCCCCCCCCCN(CCCCCCCCCC)CCCCCCCCCCCCCC. The van der Waals surface area contributed by atoms with Crippen LogP contribution in [0.25, 0.3) is 0 Å². The maximum Gasteiger partial charge on any atom is -0.00187 e. The van der Waals surface area contributed by atoms with Crippen molar-refractivity contribution in [2.24, 2.45) is 0 Å². The zero-order valence-corrected chi connectivity index (χ0v) is 28.2. The zero-order chi connectivity index (χ0) is 28.3. The fourth-order valence-corrected chi connectivity index (χ4v) is 6.16. The van der Waals surface area contributed by atoms with Gasteiger partial charge in [0, 0.05) is 0 Å². The minimum absolute atomic E-state index is 1.37. The molecule has 0 aliphatic carbocycles. The van der Waals surface area contributed by atoms with Crippen LogP contribution in [-0.2, 0) is 0 Å². The fourth-order valence-electron chi connectivity index (χ4n) is 6.16. The highest BCUT2D eigenvalue weighted by atomic mass is 15.1. The second kappa shape index (κ2) is 36.0. The summed E-state index contributed by atoms with van der Waals surface area (Å²) >= 11 is 0. The summed E-state index contributed by atoms with van der Waals surface area (Å²) in [5.74, 6) is 0. The Balaban J connectivity index is 3.84. The smallest absolute Gasteiger partial charge is 0.00187 e. The molecule has 0 aromatic carbocycles. The molecule has 0 unspecified atom stereocenters. The van der Waals surface area contributed by atoms with Crippen molar-refractivity contribution in [1.82, 2.24) is 4.90 Å². The number of hydrogen-bond acceptors (Lipinski definition) is 1. The van der Waals surface area contributed by atoms with Gasteiger partial charge in [-0.3, -0.25) is 0 Å². The van der Waals surface area contributed by atoms with Crippen LogP contribution in [0.5, 0.6) is 0 Å². The fraction of sp³-hybridized carbons (Fsp3) is 1.00. The first-order valence-electron chi connectivity index (χ1n) is 19.1. The van der Waals surface area contributed by atoms with Gasteiger partial charge >= 0.3 is 0 Å². The van der Waals surface area contributed by atoms with Crippen LogP contribution in [0.2, 0.25) is 0 Å². The Kier molecular flexibility index (Phi) is 35.9. The van der Waals surface area contributed by atoms with Gasteiger partial charge in [-0.2, -0.15) is 0 Å². The standard InChI is InChI=1S/C38H79N/c1-4-7-10-13-16-19-21-23-25-28-31-34-37-39(36-33-30-27-18-15-12-9-6-3)38-35-32-29-26-24-22-20-17-14-11-8-5-2/h4-38H2,1-3H3. The molecule has 0 amide bonds. The second-order valence-corrected chi connectivity index (χ2v) is 13.1. The van der Waals surface area contributed by atoms with Crippen molar-refractivity contribution in [3.05, 3.63) is 0 Å².